The molecule has 0 bridgehead atoms. The summed E-state index contributed by atoms with van der Waals surface area (Å²) in [5, 5.41) is 3.48. The van der Waals surface area contributed by atoms with Gasteiger partial charge >= 0.3 is 0 Å². The van der Waals surface area contributed by atoms with Crippen molar-refractivity contribution < 1.29 is 14.3 Å². The van der Waals surface area contributed by atoms with E-state index in [1.165, 1.54) is 4.90 Å². The fourth-order valence-corrected chi connectivity index (χ4v) is 3.07. The first-order valence-corrected chi connectivity index (χ1v) is 10.2. The van der Waals surface area contributed by atoms with E-state index in [0.29, 0.717) is 23.9 Å². The molecule has 2 aromatic carbocycles. The Balaban J connectivity index is 2.14. The Morgan fingerprint density at radius 1 is 1.14 bits per heavy atom. The molecule has 2 aromatic rings. The summed E-state index contributed by atoms with van der Waals surface area (Å²) < 4.78 is 5.76. The van der Waals surface area contributed by atoms with Gasteiger partial charge in [0.15, 0.2) is 6.61 Å². The van der Waals surface area contributed by atoms with Crippen LogP contribution in [0.15, 0.2) is 42.5 Å². The first-order valence-electron chi connectivity index (χ1n) is 9.83. The molecule has 5 nitrogen and oxygen atoms in total. The van der Waals surface area contributed by atoms with E-state index in [4.69, 9.17) is 16.3 Å². The van der Waals surface area contributed by atoms with Gasteiger partial charge in [0.05, 0.1) is 0 Å². The highest BCUT2D eigenvalue weighted by Crippen LogP contribution is 2.19. The third-order valence-electron chi connectivity index (χ3n) is 4.66. The third-order valence-corrected chi connectivity index (χ3v) is 4.92. The predicted molar refractivity (Wildman–Crippen MR) is 116 cm³/mol. The van der Waals surface area contributed by atoms with Crippen molar-refractivity contribution in [2.24, 2.45) is 0 Å². The standard InChI is InChI=1S/C23H29ClN2O3/c1-5-12-25-23(28)18(4)26(14-19-7-9-20(24)10-8-19)22(27)15-29-21-11-6-16(2)13-17(21)3/h6-11,13,18H,5,12,14-15H2,1-4H3,(H,25,28)/t18-/m0/s1. The third kappa shape index (κ3) is 6.79. The van der Waals surface area contributed by atoms with E-state index in [-0.39, 0.29) is 18.4 Å². The molecule has 29 heavy (non-hydrogen) atoms. The lowest BCUT2D eigenvalue weighted by molar-refractivity contribution is -0.142. The van der Waals surface area contributed by atoms with E-state index in [0.717, 1.165) is 23.1 Å². The van der Waals surface area contributed by atoms with Crippen LogP contribution in [-0.4, -0.2) is 35.9 Å². The molecule has 0 spiro atoms. The van der Waals surface area contributed by atoms with Crippen LogP contribution in [0.4, 0.5) is 0 Å². The number of aryl methyl sites for hydroxylation is 2. The fourth-order valence-electron chi connectivity index (χ4n) is 2.95. The summed E-state index contributed by atoms with van der Waals surface area (Å²) in [6.45, 7) is 8.40. The molecular weight excluding hydrogens is 388 g/mol. The average Bonchev–Trinajstić information content (AvgIpc) is 2.70. The second-order valence-corrected chi connectivity index (χ2v) is 7.61. The van der Waals surface area contributed by atoms with E-state index in [1.807, 2.05) is 51.1 Å². The van der Waals surface area contributed by atoms with Gasteiger partial charge < -0.3 is 15.0 Å². The van der Waals surface area contributed by atoms with Crippen LogP contribution >= 0.6 is 11.6 Å². The molecule has 0 heterocycles. The number of nitrogens with zero attached hydrogens (tertiary/aromatic N) is 1. The Morgan fingerprint density at radius 2 is 1.83 bits per heavy atom. The van der Waals surface area contributed by atoms with E-state index in [1.54, 1.807) is 19.1 Å². The van der Waals surface area contributed by atoms with Gasteiger partial charge in [-0.1, -0.05) is 48.4 Å². The smallest absolute Gasteiger partial charge is 0.261 e. The monoisotopic (exact) mass is 416 g/mol. The lowest BCUT2D eigenvalue weighted by Crippen LogP contribution is -2.49. The average molecular weight is 417 g/mol. The summed E-state index contributed by atoms with van der Waals surface area (Å²) in [5.41, 5.74) is 2.99. The summed E-state index contributed by atoms with van der Waals surface area (Å²) in [5.74, 6) is 0.234. The Kier molecular flexibility index (Phi) is 8.52. The second kappa shape index (κ2) is 10.9. The number of nitrogens with one attached hydrogen (secondary N) is 1. The zero-order valence-corrected chi connectivity index (χ0v) is 18.3. The molecule has 0 aliphatic heterocycles. The Bertz CT molecular complexity index is 837. The highest BCUT2D eigenvalue weighted by Gasteiger charge is 2.26. The summed E-state index contributed by atoms with van der Waals surface area (Å²) >= 11 is 5.96. The van der Waals surface area contributed by atoms with E-state index < -0.39 is 6.04 Å². The highest BCUT2D eigenvalue weighted by molar-refractivity contribution is 6.30. The van der Waals surface area contributed by atoms with Crippen LogP contribution in [-0.2, 0) is 16.1 Å². The molecule has 0 saturated heterocycles. The van der Waals surface area contributed by atoms with Gasteiger partial charge in [0.25, 0.3) is 5.91 Å². The number of hydrogen-bond acceptors (Lipinski definition) is 3. The molecule has 1 N–H and O–H groups in total. The number of carbonyl (C=O) groups excluding carboxylic acids is 2. The highest BCUT2D eigenvalue weighted by atomic mass is 35.5. The van der Waals surface area contributed by atoms with Crippen LogP contribution in [0.25, 0.3) is 0 Å². The van der Waals surface area contributed by atoms with Crippen molar-refractivity contribution in [3.63, 3.8) is 0 Å². The van der Waals surface area contributed by atoms with Gasteiger partial charge in [-0.25, -0.2) is 0 Å². The largest absolute Gasteiger partial charge is 0.483 e. The van der Waals surface area contributed by atoms with Crippen molar-refractivity contribution in [2.75, 3.05) is 13.2 Å². The summed E-state index contributed by atoms with van der Waals surface area (Å²) in [7, 11) is 0. The normalized spacial score (nSPS) is 11.6. The van der Waals surface area contributed by atoms with Crippen molar-refractivity contribution in [3.8, 4) is 5.75 Å². The van der Waals surface area contributed by atoms with Gasteiger partial charge in [-0.3, -0.25) is 9.59 Å². The maximum Gasteiger partial charge on any atom is 0.261 e. The lowest BCUT2D eigenvalue weighted by Gasteiger charge is -2.29. The molecule has 156 valence electrons. The van der Waals surface area contributed by atoms with E-state index >= 15 is 0 Å². The van der Waals surface area contributed by atoms with Gasteiger partial charge in [0.2, 0.25) is 5.91 Å². The molecular formula is C23H29ClN2O3. The van der Waals surface area contributed by atoms with Crippen molar-refractivity contribution in [1.29, 1.82) is 0 Å². The van der Waals surface area contributed by atoms with Crippen LogP contribution in [0.1, 0.15) is 37.0 Å². The van der Waals surface area contributed by atoms with Crippen molar-refractivity contribution in [1.82, 2.24) is 10.2 Å². The minimum atomic E-state index is -0.618. The van der Waals surface area contributed by atoms with Gasteiger partial charge in [0, 0.05) is 18.1 Å². The second-order valence-electron chi connectivity index (χ2n) is 7.17. The van der Waals surface area contributed by atoms with Crippen LogP contribution in [0.3, 0.4) is 0 Å². The predicted octanol–water partition coefficient (Wildman–Crippen LogP) is 4.28. The van der Waals surface area contributed by atoms with Crippen LogP contribution < -0.4 is 10.1 Å². The maximum atomic E-state index is 13.0. The Hall–Kier alpha value is -2.53. The molecule has 0 aliphatic rings. The molecule has 0 aromatic heterocycles. The number of ether oxygens (including phenoxy) is 1. The lowest BCUT2D eigenvalue weighted by atomic mass is 10.1. The van der Waals surface area contributed by atoms with Gasteiger partial charge in [-0.2, -0.15) is 0 Å². The zero-order valence-electron chi connectivity index (χ0n) is 17.5. The first-order chi connectivity index (χ1) is 13.8. The Morgan fingerprint density at radius 3 is 2.45 bits per heavy atom. The maximum absolute atomic E-state index is 13.0. The first kappa shape index (κ1) is 22.8. The number of halogens is 1. The molecule has 0 unspecified atom stereocenters. The number of carbonyl (C=O) groups is 2. The number of benzene rings is 2. The number of rotatable bonds is 9. The minimum Gasteiger partial charge on any atom is -0.483 e. The van der Waals surface area contributed by atoms with Gasteiger partial charge in [0.1, 0.15) is 11.8 Å². The van der Waals surface area contributed by atoms with E-state index in [9.17, 15) is 9.59 Å². The Labute approximate surface area is 178 Å². The zero-order chi connectivity index (χ0) is 21.4. The summed E-state index contributed by atoms with van der Waals surface area (Å²) in [6, 6.07) is 12.4. The van der Waals surface area contributed by atoms with Crippen molar-refractivity contribution >= 4 is 23.4 Å². The molecule has 0 radical (unpaired) electrons. The van der Waals surface area contributed by atoms with Crippen molar-refractivity contribution in [2.45, 2.75) is 46.7 Å². The van der Waals surface area contributed by atoms with Gasteiger partial charge in [-0.15, -0.1) is 0 Å². The molecule has 1 atom stereocenters. The molecule has 0 saturated carbocycles. The molecule has 2 rings (SSSR count). The molecule has 2 amide bonds. The molecule has 6 heteroatoms. The van der Waals surface area contributed by atoms with Crippen molar-refractivity contribution in [3.05, 3.63) is 64.2 Å². The van der Waals surface area contributed by atoms with E-state index in [2.05, 4.69) is 5.32 Å². The number of hydrogen-bond donors (Lipinski definition) is 1. The quantitative estimate of drug-likeness (QED) is 0.663. The summed E-state index contributed by atoms with van der Waals surface area (Å²) in [6.07, 6.45) is 0.833. The van der Waals surface area contributed by atoms with Gasteiger partial charge in [-0.05, 0) is 56.5 Å². The SMILES string of the molecule is CCCNC(=O)[C@H](C)N(Cc1ccc(Cl)cc1)C(=O)COc1ccc(C)cc1C. The molecule has 0 aliphatic carbocycles. The van der Waals surface area contributed by atoms with Crippen LogP contribution in [0.2, 0.25) is 5.02 Å². The number of amides is 2. The molecule has 0 fully saturated rings. The minimum absolute atomic E-state index is 0.136. The van der Waals surface area contributed by atoms with Crippen LogP contribution in [0, 0.1) is 13.8 Å². The topological polar surface area (TPSA) is 58.6 Å². The summed E-state index contributed by atoms with van der Waals surface area (Å²) in [4.78, 5) is 27.0. The van der Waals surface area contributed by atoms with Crippen LogP contribution in [0.5, 0.6) is 5.75 Å². The fraction of sp³-hybridized carbons (Fsp3) is 0.391.